The lowest BCUT2D eigenvalue weighted by atomic mass is 9.83. The predicted octanol–water partition coefficient (Wildman–Crippen LogP) is 2.11. The third-order valence-electron chi connectivity index (χ3n) is 4.83. The van der Waals surface area contributed by atoms with E-state index >= 15 is 0 Å². The van der Waals surface area contributed by atoms with Crippen LogP contribution in [0.1, 0.15) is 45.4 Å². The van der Waals surface area contributed by atoms with Gasteiger partial charge in [0.05, 0.1) is 19.8 Å². The van der Waals surface area contributed by atoms with Crippen LogP contribution in [0.3, 0.4) is 0 Å². The first-order valence-electron chi connectivity index (χ1n) is 9.94. The number of hydrogen-bond donors (Lipinski definition) is 2. The van der Waals surface area contributed by atoms with E-state index in [-0.39, 0.29) is 0 Å². The summed E-state index contributed by atoms with van der Waals surface area (Å²) in [4.78, 5) is 7.20. The molecule has 2 N–H and O–H groups in total. The van der Waals surface area contributed by atoms with Gasteiger partial charge in [0.2, 0.25) is 0 Å². The molecule has 25 heavy (non-hydrogen) atoms. The number of aliphatic imine (C=N–C) groups is 1. The third-order valence-corrected chi connectivity index (χ3v) is 4.83. The summed E-state index contributed by atoms with van der Waals surface area (Å²) in [5.74, 6) is 1.70. The van der Waals surface area contributed by atoms with Gasteiger partial charge in [0.15, 0.2) is 5.96 Å². The van der Waals surface area contributed by atoms with Crippen molar-refractivity contribution in [3.05, 3.63) is 0 Å². The minimum absolute atomic E-state index is 0.535. The summed E-state index contributed by atoms with van der Waals surface area (Å²) in [7, 11) is 6.07. The molecule has 1 saturated carbocycles. The van der Waals surface area contributed by atoms with Gasteiger partial charge in [-0.05, 0) is 46.2 Å². The van der Waals surface area contributed by atoms with E-state index in [9.17, 15) is 0 Å². The van der Waals surface area contributed by atoms with E-state index in [1.165, 1.54) is 32.1 Å². The highest BCUT2D eigenvalue weighted by atomic mass is 16.5. The quantitative estimate of drug-likeness (QED) is 0.319. The highest BCUT2D eigenvalue weighted by Gasteiger charge is 2.25. The van der Waals surface area contributed by atoms with Crippen molar-refractivity contribution in [3.63, 3.8) is 0 Å². The fraction of sp³-hybridized carbons (Fsp3) is 0.947. The van der Waals surface area contributed by atoms with Crippen molar-refractivity contribution in [2.45, 2.75) is 51.5 Å². The molecule has 0 bridgehead atoms. The van der Waals surface area contributed by atoms with E-state index in [1.54, 1.807) is 7.11 Å². The first-order chi connectivity index (χ1) is 12.2. The second kappa shape index (κ2) is 14.3. The number of ether oxygens (including phenoxy) is 2. The summed E-state index contributed by atoms with van der Waals surface area (Å²) >= 11 is 0. The Balaban J connectivity index is 2.38. The molecule has 1 aliphatic rings. The largest absolute Gasteiger partial charge is 0.382 e. The van der Waals surface area contributed by atoms with Gasteiger partial charge in [0.1, 0.15) is 0 Å². The second-order valence-corrected chi connectivity index (χ2v) is 7.03. The van der Waals surface area contributed by atoms with Gasteiger partial charge in [-0.1, -0.05) is 19.3 Å². The van der Waals surface area contributed by atoms with Crippen LogP contribution in [0.5, 0.6) is 0 Å². The first kappa shape index (κ1) is 22.2. The average molecular weight is 357 g/mol. The average Bonchev–Trinajstić information content (AvgIpc) is 2.61. The Hall–Kier alpha value is -0.850. The summed E-state index contributed by atoms with van der Waals surface area (Å²) in [6.07, 6.45) is 7.81. The molecule has 0 aromatic carbocycles. The zero-order valence-corrected chi connectivity index (χ0v) is 16.9. The van der Waals surface area contributed by atoms with Gasteiger partial charge in [-0.2, -0.15) is 0 Å². The molecule has 1 fully saturated rings. The second-order valence-electron chi connectivity index (χ2n) is 7.03. The zero-order valence-electron chi connectivity index (χ0n) is 16.9. The van der Waals surface area contributed by atoms with Crippen LogP contribution in [-0.4, -0.2) is 77.6 Å². The number of rotatable bonds is 12. The van der Waals surface area contributed by atoms with Gasteiger partial charge >= 0.3 is 0 Å². The first-order valence-corrected chi connectivity index (χ1v) is 9.94. The van der Waals surface area contributed by atoms with Crippen molar-refractivity contribution < 1.29 is 9.47 Å². The minimum atomic E-state index is 0.535. The van der Waals surface area contributed by atoms with Gasteiger partial charge in [0.25, 0.3) is 0 Å². The molecule has 0 spiro atoms. The molecule has 0 aliphatic heterocycles. The molecule has 1 atom stereocenters. The maximum atomic E-state index is 5.49. The number of likely N-dealkylation sites (N-methyl/N-ethyl adjacent to an activating group) is 1. The molecular weight excluding hydrogens is 316 g/mol. The van der Waals surface area contributed by atoms with Crippen LogP contribution in [0.25, 0.3) is 0 Å². The van der Waals surface area contributed by atoms with E-state index in [0.29, 0.717) is 19.3 Å². The number of hydrogen-bond acceptors (Lipinski definition) is 4. The fourth-order valence-corrected chi connectivity index (χ4v) is 3.40. The van der Waals surface area contributed by atoms with Crippen LogP contribution in [-0.2, 0) is 9.47 Å². The third kappa shape index (κ3) is 10.0. The van der Waals surface area contributed by atoms with Crippen molar-refractivity contribution in [3.8, 4) is 0 Å². The summed E-state index contributed by atoms with van der Waals surface area (Å²) in [5, 5.41) is 6.77. The van der Waals surface area contributed by atoms with Crippen LogP contribution in [0.15, 0.2) is 4.99 Å². The Morgan fingerprint density at radius 2 is 1.88 bits per heavy atom. The number of guanidine groups is 1. The van der Waals surface area contributed by atoms with Crippen LogP contribution < -0.4 is 10.6 Å². The standard InChI is InChI=1S/C19H40N4O2/c1-5-20-19(21-12-9-13-25-15-14-24-4)22-16-18(23(2)3)17-10-7-6-8-11-17/h17-18H,5-16H2,1-4H3,(H2,20,21,22). The maximum absolute atomic E-state index is 5.49. The molecule has 0 radical (unpaired) electrons. The summed E-state index contributed by atoms with van der Waals surface area (Å²) in [6.45, 7) is 6.79. The molecule has 0 aromatic rings. The molecule has 1 unspecified atom stereocenters. The smallest absolute Gasteiger partial charge is 0.191 e. The normalized spacial score (nSPS) is 17.7. The zero-order chi connectivity index (χ0) is 18.3. The van der Waals surface area contributed by atoms with Crippen LogP contribution in [0.2, 0.25) is 0 Å². The lowest BCUT2D eigenvalue weighted by Gasteiger charge is -2.34. The predicted molar refractivity (Wildman–Crippen MR) is 105 cm³/mol. The highest BCUT2D eigenvalue weighted by Crippen LogP contribution is 2.28. The molecule has 6 nitrogen and oxygen atoms in total. The number of nitrogens with one attached hydrogen (secondary N) is 2. The monoisotopic (exact) mass is 356 g/mol. The molecule has 1 aliphatic carbocycles. The molecule has 148 valence electrons. The number of methoxy groups -OCH3 is 1. The van der Waals surface area contributed by atoms with E-state index in [4.69, 9.17) is 14.5 Å². The molecule has 6 heteroatoms. The van der Waals surface area contributed by atoms with Crippen molar-refractivity contribution in [1.82, 2.24) is 15.5 Å². The Morgan fingerprint density at radius 3 is 2.52 bits per heavy atom. The van der Waals surface area contributed by atoms with Crippen molar-refractivity contribution in [1.29, 1.82) is 0 Å². The van der Waals surface area contributed by atoms with Crippen molar-refractivity contribution in [2.75, 3.05) is 60.7 Å². The topological polar surface area (TPSA) is 58.1 Å². The fourth-order valence-electron chi connectivity index (χ4n) is 3.40. The van der Waals surface area contributed by atoms with E-state index in [2.05, 4.69) is 36.6 Å². The molecule has 0 saturated heterocycles. The minimum Gasteiger partial charge on any atom is -0.382 e. The van der Waals surface area contributed by atoms with E-state index in [0.717, 1.165) is 44.5 Å². The lowest BCUT2D eigenvalue weighted by Crippen LogP contribution is -2.42. The Bertz CT molecular complexity index is 344. The molecule has 0 heterocycles. The van der Waals surface area contributed by atoms with Gasteiger partial charge < -0.3 is 25.0 Å². The molecule has 1 rings (SSSR count). The van der Waals surface area contributed by atoms with Gasteiger partial charge in [-0.3, -0.25) is 4.99 Å². The summed E-state index contributed by atoms with van der Waals surface area (Å²) in [5.41, 5.74) is 0. The maximum Gasteiger partial charge on any atom is 0.191 e. The van der Waals surface area contributed by atoms with E-state index < -0.39 is 0 Å². The van der Waals surface area contributed by atoms with Crippen LogP contribution in [0, 0.1) is 5.92 Å². The van der Waals surface area contributed by atoms with Crippen molar-refractivity contribution in [2.24, 2.45) is 10.9 Å². The summed E-state index contributed by atoms with van der Waals surface area (Å²) < 4.78 is 10.5. The summed E-state index contributed by atoms with van der Waals surface area (Å²) in [6, 6.07) is 0.535. The highest BCUT2D eigenvalue weighted by molar-refractivity contribution is 5.79. The molecule has 0 aromatic heterocycles. The SMILES string of the molecule is CCNC(=NCC(C1CCCCC1)N(C)C)NCCCOCCOC. The van der Waals surface area contributed by atoms with E-state index in [1.807, 2.05) is 0 Å². The Labute approximate surface area is 154 Å². The molecule has 0 amide bonds. The number of nitrogens with zero attached hydrogens (tertiary/aromatic N) is 2. The van der Waals surface area contributed by atoms with Crippen LogP contribution >= 0.6 is 0 Å². The molecular formula is C19H40N4O2. The van der Waals surface area contributed by atoms with Gasteiger partial charge in [0, 0.05) is 32.8 Å². The van der Waals surface area contributed by atoms with Gasteiger partial charge in [-0.25, -0.2) is 0 Å². The lowest BCUT2D eigenvalue weighted by molar-refractivity contribution is 0.0698. The Morgan fingerprint density at radius 1 is 1.12 bits per heavy atom. The van der Waals surface area contributed by atoms with Crippen LogP contribution in [0.4, 0.5) is 0 Å². The van der Waals surface area contributed by atoms with Crippen molar-refractivity contribution >= 4 is 5.96 Å². The van der Waals surface area contributed by atoms with Gasteiger partial charge in [-0.15, -0.1) is 0 Å². The Kier molecular flexibility index (Phi) is 12.7.